The van der Waals surface area contributed by atoms with Gasteiger partial charge in [-0.2, -0.15) is 5.26 Å². The molecule has 16 heavy (non-hydrogen) atoms. The van der Waals surface area contributed by atoms with Gasteiger partial charge in [0, 0.05) is 29.0 Å². The van der Waals surface area contributed by atoms with Crippen LogP contribution in [0, 0.1) is 11.3 Å². The number of unbranched alkanes of at least 4 members (excludes halogenated alkanes) is 1. The van der Waals surface area contributed by atoms with Crippen molar-refractivity contribution in [2.75, 3.05) is 5.33 Å². The highest BCUT2D eigenvalue weighted by molar-refractivity contribution is 9.09. The van der Waals surface area contributed by atoms with Crippen LogP contribution in [0.3, 0.4) is 0 Å². The maximum Gasteiger partial charge on any atom is 0.101 e. The molecule has 0 unspecified atom stereocenters. The van der Waals surface area contributed by atoms with Gasteiger partial charge in [0.2, 0.25) is 0 Å². The normalized spacial score (nSPS) is 10.5. The van der Waals surface area contributed by atoms with Crippen LogP contribution in [0.4, 0.5) is 0 Å². The minimum atomic E-state index is 0.773. The molecule has 0 aliphatic rings. The van der Waals surface area contributed by atoms with E-state index in [4.69, 9.17) is 5.26 Å². The molecule has 0 saturated carbocycles. The highest BCUT2D eigenvalue weighted by Crippen LogP contribution is 2.20. The van der Waals surface area contributed by atoms with Crippen LogP contribution in [0.5, 0.6) is 0 Å². The number of aryl methyl sites for hydroxylation is 1. The maximum absolute atomic E-state index is 9.05. The molecule has 0 amide bonds. The SMILES string of the molecule is N#Cc1cn(CCCCBr)c2ccccc12. The third kappa shape index (κ3) is 2.12. The molecule has 0 atom stereocenters. The average Bonchev–Trinajstić information content (AvgIpc) is 2.68. The predicted molar refractivity (Wildman–Crippen MR) is 69.7 cm³/mol. The molecule has 2 rings (SSSR count). The molecule has 0 fully saturated rings. The Balaban J connectivity index is 2.35. The van der Waals surface area contributed by atoms with Crippen molar-refractivity contribution >= 4 is 26.8 Å². The van der Waals surface area contributed by atoms with Gasteiger partial charge in [0.05, 0.1) is 5.56 Å². The standard InChI is InChI=1S/C13H13BrN2/c14-7-3-4-8-16-10-11(9-15)12-5-1-2-6-13(12)16/h1-2,5-6,10H,3-4,7-8H2. The van der Waals surface area contributed by atoms with Crippen LogP contribution < -0.4 is 0 Å². The highest BCUT2D eigenvalue weighted by Gasteiger charge is 2.06. The van der Waals surface area contributed by atoms with E-state index in [0.29, 0.717) is 0 Å². The van der Waals surface area contributed by atoms with Gasteiger partial charge in [-0.3, -0.25) is 0 Å². The largest absolute Gasteiger partial charge is 0.346 e. The molecule has 2 aromatic rings. The van der Waals surface area contributed by atoms with E-state index in [1.54, 1.807) is 0 Å². The molecule has 82 valence electrons. The molecule has 0 N–H and O–H groups in total. The van der Waals surface area contributed by atoms with E-state index in [1.165, 1.54) is 0 Å². The number of hydrogen-bond acceptors (Lipinski definition) is 1. The number of halogens is 1. The van der Waals surface area contributed by atoms with Gasteiger partial charge in [0.25, 0.3) is 0 Å². The summed E-state index contributed by atoms with van der Waals surface area (Å²) in [5.41, 5.74) is 1.93. The van der Waals surface area contributed by atoms with E-state index in [9.17, 15) is 0 Å². The minimum Gasteiger partial charge on any atom is -0.346 e. The van der Waals surface area contributed by atoms with Gasteiger partial charge in [-0.25, -0.2) is 0 Å². The fourth-order valence-corrected chi connectivity index (χ4v) is 2.29. The third-order valence-electron chi connectivity index (χ3n) is 2.69. The molecule has 0 spiro atoms. The number of aromatic nitrogens is 1. The van der Waals surface area contributed by atoms with Crippen molar-refractivity contribution in [1.82, 2.24) is 4.57 Å². The summed E-state index contributed by atoms with van der Waals surface area (Å²) in [6.45, 7) is 0.980. The number of para-hydroxylation sites is 1. The minimum absolute atomic E-state index is 0.773. The van der Waals surface area contributed by atoms with Crippen molar-refractivity contribution in [3.8, 4) is 6.07 Å². The molecule has 0 aliphatic heterocycles. The lowest BCUT2D eigenvalue weighted by Crippen LogP contribution is -1.95. The lowest BCUT2D eigenvalue weighted by molar-refractivity contribution is 0.654. The third-order valence-corrected chi connectivity index (χ3v) is 3.25. The van der Waals surface area contributed by atoms with Gasteiger partial charge in [-0.05, 0) is 18.9 Å². The van der Waals surface area contributed by atoms with Crippen LogP contribution in [-0.2, 0) is 6.54 Å². The summed E-state index contributed by atoms with van der Waals surface area (Å²) in [5, 5.41) is 11.1. The number of nitriles is 1. The Morgan fingerprint density at radius 3 is 2.81 bits per heavy atom. The summed E-state index contributed by atoms with van der Waals surface area (Å²) >= 11 is 3.43. The first-order valence-electron chi connectivity index (χ1n) is 5.40. The van der Waals surface area contributed by atoms with Crippen LogP contribution in [0.1, 0.15) is 18.4 Å². The summed E-state index contributed by atoms with van der Waals surface area (Å²) in [5.74, 6) is 0. The van der Waals surface area contributed by atoms with Gasteiger partial charge >= 0.3 is 0 Å². The zero-order chi connectivity index (χ0) is 11.4. The molecule has 0 saturated heterocycles. The second-order valence-electron chi connectivity index (χ2n) is 3.76. The van der Waals surface area contributed by atoms with Crippen molar-refractivity contribution in [1.29, 1.82) is 5.26 Å². The Labute approximate surface area is 104 Å². The highest BCUT2D eigenvalue weighted by atomic mass is 79.9. The second-order valence-corrected chi connectivity index (χ2v) is 4.55. The molecule has 0 radical (unpaired) electrons. The molecule has 1 heterocycles. The lowest BCUT2D eigenvalue weighted by atomic mass is 10.2. The molecular weight excluding hydrogens is 264 g/mol. The van der Waals surface area contributed by atoms with Crippen molar-refractivity contribution in [3.05, 3.63) is 36.0 Å². The quantitative estimate of drug-likeness (QED) is 0.619. The first kappa shape index (κ1) is 11.2. The van der Waals surface area contributed by atoms with Crippen molar-refractivity contribution in [3.63, 3.8) is 0 Å². The topological polar surface area (TPSA) is 28.7 Å². The summed E-state index contributed by atoms with van der Waals surface area (Å²) in [4.78, 5) is 0. The fourth-order valence-electron chi connectivity index (χ4n) is 1.90. The molecular formula is C13H13BrN2. The van der Waals surface area contributed by atoms with Crippen molar-refractivity contribution < 1.29 is 0 Å². The van der Waals surface area contributed by atoms with Crippen LogP contribution in [0.25, 0.3) is 10.9 Å². The van der Waals surface area contributed by atoms with Crippen LogP contribution in [0.2, 0.25) is 0 Å². The zero-order valence-corrected chi connectivity index (χ0v) is 10.6. The number of alkyl halides is 1. The Morgan fingerprint density at radius 1 is 1.25 bits per heavy atom. The predicted octanol–water partition coefficient (Wildman–Crippen LogP) is 3.69. The van der Waals surface area contributed by atoms with E-state index in [1.807, 2.05) is 24.4 Å². The molecule has 1 aromatic heterocycles. The maximum atomic E-state index is 9.05. The van der Waals surface area contributed by atoms with Crippen LogP contribution in [-0.4, -0.2) is 9.90 Å². The first-order chi connectivity index (χ1) is 7.86. The Bertz CT molecular complexity index is 522. The van der Waals surface area contributed by atoms with Gasteiger partial charge in [0.15, 0.2) is 0 Å². The first-order valence-corrected chi connectivity index (χ1v) is 6.53. The Hall–Kier alpha value is -1.27. The van der Waals surface area contributed by atoms with Crippen LogP contribution in [0.15, 0.2) is 30.5 Å². The van der Waals surface area contributed by atoms with E-state index in [2.05, 4.69) is 32.6 Å². The Kier molecular flexibility index (Phi) is 3.63. The van der Waals surface area contributed by atoms with Gasteiger partial charge in [-0.15, -0.1) is 0 Å². The van der Waals surface area contributed by atoms with Crippen molar-refractivity contribution in [2.24, 2.45) is 0 Å². The van der Waals surface area contributed by atoms with E-state index in [0.717, 1.165) is 41.2 Å². The number of fused-ring (bicyclic) bond motifs is 1. The van der Waals surface area contributed by atoms with E-state index in [-0.39, 0.29) is 0 Å². The fraction of sp³-hybridized carbons (Fsp3) is 0.308. The molecule has 2 nitrogen and oxygen atoms in total. The molecule has 1 aromatic carbocycles. The number of rotatable bonds is 4. The Morgan fingerprint density at radius 2 is 2.06 bits per heavy atom. The summed E-state index contributed by atoms with van der Waals surface area (Å²) in [6.07, 6.45) is 4.25. The van der Waals surface area contributed by atoms with Gasteiger partial charge in [0.1, 0.15) is 6.07 Å². The summed E-state index contributed by atoms with van der Waals surface area (Å²) < 4.78 is 2.18. The lowest BCUT2D eigenvalue weighted by Gasteiger charge is -2.03. The molecule has 3 heteroatoms. The number of nitrogens with zero attached hydrogens (tertiary/aromatic N) is 2. The number of benzene rings is 1. The van der Waals surface area contributed by atoms with E-state index >= 15 is 0 Å². The molecule has 0 aliphatic carbocycles. The molecule has 0 bridgehead atoms. The number of hydrogen-bond donors (Lipinski definition) is 0. The van der Waals surface area contributed by atoms with Crippen molar-refractivity contribution in [2.45, 2.75) is 19.4 Å². The average molecular weight is 277 g/mol. The van der Waals surface area contributed by atoms with E-state index < -0.39 is 0 Å². The smallest absolute Gasteiger partial charge is 0.101 e. The second kappa shape index (κ2) is 5.18. The van der Waals surface area contributed by atoms with Gasteiger partial charge in [-0.1, -0.05) is 34.1 Å². The summed E-state index contributed by atoms with van der Waals surface area (Å²) in [6, 6.07) is 10.3. The zero-order valence-electron chi connectivity index (χ0n) is 8.99. The monoisotopic (exact) mass is 276 g/mol. The van der Waals surface area contributed by atoms with Crippen LogP contribution >= 0.6 is 15.9 Å². The van der Waals surface area contributed by atoms with Gasteiger partial charge < -0.3 is 4.57 Å². The summed E-state index contributed by atoms with van der Waals surface area (Å²) in [7, 11) is 0.